The van der Waals surface area contributed by atoms with Gasteiger partial charge in [-0.2, -0.15) is 0 Å². The van der Waals surface area contributed by atoms with Crippen molar-refractivity contribution in [3.05, 3.63) is 53.6 Å². The van der Waals surface area contributed by atoms with Crippen molar-refractivity contribution in [2.24, 2.45) is 0 Å². The van der Waals surface area contributed by atoms with Crippen molar-refractivity contribution in [3.8, 4) is 17.1 Å². The summed E-state index contributed by atoms with van der Waals surface area (Å²) in [6.07, 6.45) is 0. The van der Waals surface area contributed by atoms with Gasteiger partial charge in [-0.05, 0) is 59.2 Å². The van der Waals surface area contributed by atoms with E-state index in [4.69, 9.17) is 4.74 Å². The molecule has 1 heterocycles. The maximum absolute atomic E-state index is 12.7. The van der Waals surface area contributed by atoms with E-state index >= 15 is 0 Å². The molecule has 0 aliphatic carbocycles. The van der Waals surface area contributed by atoms with Gasteiger partial charge in [0.05, 0.1) is 0 Å². The van der Waals surface area contributed by atoms with Gasteiger partial charge in [0.1, 0.15) is 5.69 Å². The van der Waals surface area contributed by atoms with Crippen LogP contribution in [0.1, 0.15) is 38.8 Å². The van der Waals surface area contributed by atoms with E-state index in [1.54, 1.807) is 0 Å². The Morgan fingerprint density at radius 1 is 0.966 bits per heavy atom. The first kappa shape index (κ1) is 20.8. The minimum Gasteiger partial charge on any atom is -0.466 e. The van der Waals surface area contributed by atoms with Gasteiger partial charge in [-0.25, -0.2) is 0 Å². The fraction of sp³-hybridized carbons (Fsp3) is 0.375. The number of benzene rings is 2. The SMILES string of the molecule is Cc1ccc(C)c(-c2nnc(OCC(=O)N(C(C)C)C(C)C)c3ccccc23)c1. The molecule has 0 atom stereocenters. The molecule has 0 saturated carbocycles. The molecule has 0 N–H and O–H groups in total. The van der Waals surface area contributed by atoms with E-state index in [2.05, 4.69) is 42.2 Å². The second-order valence-corrected chi connectivity index (χ2v) is 7.99. The van der Waals surface area contributed by atoms with Gasteiger partial charge in [-0.1, -0.05) is 35.9 Å². The Morgan fingerprint density at radius 3 is 2.28 bits per heavy atom. The first-order valence-corrected chi connectivity index (χ1v) is 10.1. The van der Waals surface area contributed by atoms with Gasteiger partial charge in [0.2, 0.25) is 5.88 Å². The van der Waals surface area contributed by atoms with E-state index in [1.165, 1.54) is 5.56 Å². The number of ether oxygens (including phenoxy) is 1. The topological polar surface area (TPSA) is 55.3 Å². The number of hydrogen-bond donors (Lipinski definition) is 0. The number of fused-ring (bicyclic) bond motifs is 1. The summed E-state index contributed by atoms with van der Waals surface area (Å²) in [5.41, 5.74) is 4.20. The molecule has 1 amide bonds. The molecular weight excluding hydrogens is 362 g/mol. The molecule has 5 nitrogen and oxygen atoms in total. The molecule has 0 fully saturated rings. The molecule has 0 unspecified atom stereocenters. The van der Waals surface area contributed by atoms with E-state index in [0.717, 1.165) is 27.6 Å². The van der Waals surface area contributed by atoms with Crippen LogP contribution in [-0.2, 0) is 4.79 Å². The summed E-state index contributed by atoms with van der Waals surface area (Å²) in [7, 11) is 0. The third kappa shape index (κ3) is 4.39. The zero-order valence-electron chi connectivity index (χ0n) is 18.1. The van der Waals surface area contributed by atoms with Gasteiger partial charge in [0.15, 0.2) is 6.61 Å². The lowest BCUT2D eigenvalue weighted by atomic mass is 9.99. The summed E-state index contributed by atoms with van der Waals surface area (Å²) in [5, 5.41) is 10.6. The highest BCUT2D eigenvalue weighted by atomic mass is 16.5. The highest BCUT2D eigenvalue weighted by Gasteiger charge is 2.21. The van der Waals surface area contributed by atoms with Crippen molar-refractivity contribution >= 4 is 16.7 Å². The Bertz CT molecular complexity index is 1020. The molecule has 2 aromatic carbocycles. The number of carbonyl (C=O) groups excluding carboxylic acids is 1. The van der Waals surface area contributed by atoms with Crippen LogP contribution in [-0.4, -0.2) is 39.7 Å². The summed E-state index contributed by atoms with van der Waals surface area (Å²) in [4.78, 5) is 14.5. The van der Waals surface area contributed by atoms with Crippen LogP contribution in [0.5, 0.6) is 5.88 Å². The highest BCUT2D eigenvalue weighted by Crippen LogP contribution is 2.32. The van der Waals surface area contributed by atoms with Crippen LogP contribution in [0.3, 0.4) is 0 Å². The Balaban J connectivity index is 1.96. The minimum absolute atomic E-state index is 0.0560. The average molecular weight is 392 g/mol. The van der Waals surface area contributed by atoms with Crippen LogP contribution in [0, 0.1) is 13.8 Å². The molecule has 29 heavy (non-hydrogen) atoms. The zero-order valence-corrected chi connectivity index (χ0v) is 18.1. The number of carbonyl (C=O) groups is 1. The smallest absolute Gasteiger partial charge is 0.261 e. The van der Waals surface area contributed by atoms with Crippen molar-refractivity contribution in [3.63, 3.8) is 0 Å². The summed E-state index contributed by atoms with van der Waals surface area (Å²) in [6, 6.07) is 14.4. The number of nitrogens with zero attached hydrogens (tertiary/aromatic N) is 3. The van der Waals surface area contributed by atoms with Gasteiger partial charge in [0, 0.05) is 28.4 Å². The normalized spacial score (nSPS) is 11.3. The monoisotopic (exact) mass is 391 g/mol. The van der Waals surface area contributed by atoms with Crippen molar-refractivity contribution in [1.82, 2.24) is 15.1 Å². The Kier molecular flexibility index (Phi) is 6.16. The number of aryl methyl sites for hydroxylation is 2. The van der Waals surface area contributed by atoms with Crippen LogP contribution in [0.4, 0.5) is 0 Å². The second-order valence-electron chi connectivity index (χ2n) is 7.99. The van der Waals surface area contributed by atoms with Gasteiger partial charge in [-0.15, -0.1) is 10.2 Å². The highest BCUT2D eigenvalue weighted by molar-refractivity contribution is 5.97. The predicted molar refractivity (Wildman–Crippen MR) is 117 cm³/mol. The minimum atomic E-state index is -0.0577. The maximum Gasteiger partial charge on any atom is 0.261 e. The van der Waals surface area contributed by atoms with Crippen molar-refractivity contribution in [2.45, 2.75) is 53.6 Å². The van der Waals surface area contributed by atoms with Crippen molar-refractivity contribution < 1.29 is 9.53 Å². The Labute approximate surface area is 172 Å². The largest absolute Gasteiger partial charge is 0.466 e. The van der Waals surface area contributed by atoms with Gasteiger partial charge >= 0.3 is 0 Å². The fourth-order valence-electron chi connectivity index (χ4n) is 3.75. The van der Waals surface area contributed by atoms with E-state index in [1.807, 2.05) is 56.9 Å². The lowest BCUT2D eigenvalue weighted by Gasteiger charge is -2.30. The molecule has 0 saturated heterocycles. The molecule has 0 spiro atoms. The molecule has 0 aliphatic rings. The quantitative estimate of drug-likeness (QED) is 0.597. The van der Waals surface area contributed by atoms with Gasteiger partial charge in [0.25, 0.3) is 5.91 Å². The van der Waals surface area contributed by atoms with Gasteiger partial charge < -0.3 is 9.64 Å². The standard InChI is InChI=1S/C24H29N3O2/c1-15(2)27(16(3)4)22(28)14-29-24-20-10-8-7-9-19(20)23(25-26-24)21-13-17(5)11-12-18(21)6/h7-13,15-16H,14H2,1-6H3. The Hall–Kier alpha value is -2.95. The molecule has 0 bridgehead atoms. The molecular formula is C24H29N3O2. The number of rotatable bonds is 6. The first-order chi connectivity index (χ1) is 13.8. The number of hydrogen-bond acceptors (Lipinski definition) is 4. The predicted octanol–water partition coefficient (Wildman–Crippen LogP) is 4.94. The number of amides is 1. The van der Waals surface area contributed by atoms with Crippen LogP contribution in [0.15, 0.2) is 42.5 Å². The molecule has 3 aromatic rings. The summed E-state index contributed by atoms with van der Waals surface area (Å²) >= 11 is 0. The van der Waals surface area contributed by atoms with Crippen LogP contribution >= 0.6 is 0 Å². The van der Waals surface area contributed by atoms with Crippen molar-refractivity contribution in [1.29, 1.82) is 0 Å². The van der Waals surface area contributed by atoms with Crippen LogP contribution in [0.2, 0.25) is 0 Å². The molecule has 0 radical (unpaired) electrons. The Morgan fingerprint density at radius 2 is 1.62 bits per heavy atom. The van der Waals surface area contributed by atoms with Gasteiger partial charge in [-0.3, -0.25) is 4.79 Å². The van der Waals surface area contributed by atoms with E-state index < -0.39 is 0 Å². The van der Waals surface area contributed by atoms with E-state index in [0.29, 0.717) is 5.88 Å². The lowest BCUT2D eigenvalue weighted by molar-refractivity contribution is -0.137. The molecule has 0 aliphatic heterocycles. The summed E-state index contributed by atoms with van der Waals surface area (Å²) < 4.78 is 5.84. The third-order valence-corrected chi connectivity index (χ3v) is 5.03. The maximum atomic E-state index is 12.7. The third-order valence-electron chi connectivity index (χ3n) is 5.03. The van der Waals surface area contributed by atoms with Crippen molar-refractivity contribution in [2.75, 3.05) is 6.61 Å². The van der Waals surface area contributed by atoms with Crippen LogP contribution in [0.25, 0.3) is 22.0 Å². The zero-order chi connectivity index (χ0) is 21.1. The van der Waals surface area contributed by atoms with E-state index in [9.17, 15) is 4.79 Å². The summed E-state index contributed by atoms with van der Waals surface area (Å²) in [5.74, 6) is 0.329. The molecule has 152 valence electrons. The molecule has 1 aromatic heterocycles. The molecule has 5 heteroatoms. The van der Waals surface area contributed by atoms with E-state index in [-0.39, 0.29) is 24.6 Å². The first-order valence-electron chi connectivity index (χ1n) is 10.1. The lowest BCUT2D eigenvalue weighted by Crippen LogP contribution is -2.44. The fourth-order valence-corrected chi connectivity index (χ4v) is 3.75. The second kappa shape index (κ2) is 8.60. The van der Waals surface area contributed by atoms with Crippen LogP contribution < -0.4 is 4.74 Å². The average Bonchev–Trinajstić information content (AvgIpc) is 2.67. The molecule has 3 rings (SSSR count). The number of aromatic nitrogens is 2. The summed E-state index contributed by atoms with van der Waals surface area (Å²) in [6.45, 7) is 12.1.